The highest BCUT2D eigenvalue weighted by atomic mass is 19.1. The Kier molecular flexibility index (Phi) is 5.20. The van der Waals surface area contributed by atoms with E-state index in [4.69, 9.17) is 5.11 Å². The fourth-order valence-electron chi connectivity index (χ4n) is 3.62. The molecule has 1 aromatic rings. The number of carbonyl (C=O) groups is 3. The van der Waals surface area contributed by atoms with E-state index in [1.165, 1.54) is 11.0 Å². The third kappa shape index (κ3) is 3.84. The lowest BCUT2D eigenvalue weighted by Gasteiger charge is -2.27. The van der Waals surface area contributed by atoms with E-state index in [1.807, 2.05) is 0 Å². The summed E-state index contributed by atoms with van der Waals surface area (Å²) >= 11 is 0. The quantitative estimate of drug-likeness (QED) is 0.854. The molecule has 0 spiro atoms. The summed E-state index contributed by atoms with van der Waals surface area (Å²) < 4.78 is 26.9. The summed E-state index contributed by atoms with van der Waals surface area (Å²) in [6, 6.07) is 2.86. The highest BCUT2D eigenvalue weighted by molar-refractivity contribution is 6.00. The number of carbonyl (C=O) groups excluding carboxylic acids is 2. The summed E-state index contributed by atoms with van der Waals surface area (Å²) in [5.74, 6) is -4.03. The van der Waals surface area contributed by atoms with Gasteiger partial charge in [0, 0.05) is 25.1 Å². The SMILES string of the molecule is O=C(O)C1CCC(NC(=O)[C@@H]2CC(=O)N(c3ccc(F)cc3F)C2)CC1. The van der Waals surface area contributed by atoms with Gasteiger partial charge in [-0.15, -0.1) is 0 Å². The van der Waals surface area contributed by atoms with Gasteiger partial charge >= 0.3 is 5.97 Å². The Morgan fingerprint density at radius 2 is 1.81 bits per heavy atom. The fourth-order valence-corrected chi connectivity index (χ4v) is 3.62. The topological polar surface area (TPSA) is 86.7 Å². The molecular formula is C18H20F2N2O4. The predicted octanol–water partition coefficient (Wildman–Crippen LogP) is 2.08. The fraction of sp³-hybridized carbons (Fsp3) is 0.500. The normalized spacial score (nSPS) is 26.0. The number of nitrogens with one attached hydrogen (secondary N) is 1. The van der Waals surface area contributed by atoms with Gasteiger partial charge in [-0.05, 0) is 37.8 Å². The number of nitrogens with zero attached hydrogens (tertiary/aromatic N) is 1. The van der Waals surface area contributed by atoms with Crippen molar-refractivity contribution in [3.8, 4) is 0 Å². The van der Waals surface area contributed by atoms with Crippen LogP contribution in [0.4, 0.5) is 14.5 Å². The summed E-state index contributed by atoms with van der Waals surface area (Å²) in [4.78, 5) is 36.7. The highest BCUT2D eigenvalue weighted by Crippen LogP contribution is 2.29. The molecule has 140 valence electrons. The van der Waals surface area contributed by atoms with E-state index in [0.717, 1.165) is 6.07 Å². The van der Waals surface area contributed by atoms with Crippen molar-refractivity contribution in [2.24, 2.45) is 11.8 Å². The van der Waals surface area contributed by atoms with Crippen molar-refractivity contribution in [3.05, 3.63) is 29.8 Å². The smallest absolute Gasteiger partial charge is 0.306 e. The Labute approximate surface area is 149 Å². The molecule has 1 atom stereocenters. The molecule has 1 saturated heterocycles. The standard InChI is InChI=1S/C18H20F2N2O4/c19-12-3-6-15(14(20)8-12)22-9-11(7-16(22)23)17(24)21-13-4-1-10(2-5-13)18(25)26/h3,6,8,10-11,13H,1-2,4-5,7,9H2,(H,21,24)(H,25,26)/t10?,11-,13?/m1/s1. The minimum Gasteiger partial charge on any atom is -0.481 e. The van der Waals surface area contributed by atoms with Crippen molar-refractivity contribution in [1.82, 2.24) is 5.32 Å². The summed E-state index contributed by atoms with van der Waals surface area (Å²) in [7, 11) is 0. The van der Waals surface area contributed by atoms with Crippen molar-refractivity contribution in [1.29, 1.82) is 0 Å². The average molecular weight is 366 g/mol. The maximum absolute atomic E-state index is 13.9. The molecule has 1 heterocycles. The second-order valence-corrected chi connectivity index (χ2v) is 6.90. The van der Waals surface area contributed by atoms with E-state index >= 15 is 0 Å². The van der Waals surface area contributed by atoms with Gasteiger partial charge in [0.1, 0.15) is 11.6 Å². The number of halogens is 2. The van der Waals surface area contributed by atoms with Crippen molar-refractivity contribution in [3.63, 3.8) is 0 Å². The lowest BCUT2D eigenvalue weighted by atomic mass is 9.86. The predicted molar refractivity (Wildman–Crippen MR) is 88.3 cm³/mol. The van der Waals surface area contributed by atoms with E-state index in [9.17, 15) is 23.2 Å². The average Bonchev–Trinajstić information content (AvgIpc) is 2.97. The number of benzene rings is 1. The highest BCUT2D eigenvalue weighted by Gasteiger charge is 2.37. The summed E-state index contributed by atoms with van der Waals surface area (Å²) in [6.07, 6.45) is 2.15. The van der Waals surface area contributed by atoms with Crippen LogP contribution in [0, 0.1) is 23.5 Å². The molecule has 1 aromatic carbocycles. The van der Waals surface area contributed by atoms with Crippen LogP contribution in [0.15, 0.2) is 18.2 Å². The molecule has 2 aliphatic rings. The summed E-state index contributed by atoms with van der Waals surface area (Å²) in [6.45, 7) is 0.0394. The number of hydrogen-bond donors (Lipinski definition) is 2. The van der Waals surface area contributed by atoms with Crippen LogP contribution >= 0.6 is 0 Å². The Hall–Kier alpha value is -2.51. The first-order valence-electron chi connectivity index (χ1n) is 8.63. The number of rotatable bonds is 4. The molecule has 1 saturated carbocycles. The monoisotopic (exact) mass is 366 g/mol. The van der Waals surface area contributed by atoms with Crippen LogP contribution in [-0.4, -0.2) is 35.5 Å². The van der Waals surface area contributed by atoms with Crippen LogP contribution in [-0.2, 0) is 14.4 Å². The lowest BCUT2D eigenvalue weighted by Crippen LogP contribution is -2.42. The van der Waals surface area contributed by atoms with Crippen molar-refractivity contribution in [2.75, 3.05) is 11.4 Å². The molecule has 1 aliphatic heterocycles. The number of carboxylic acid groups (broad SMARTS) is 1. The van der Waals surface area contributed by atoms with Gasteiger partial charge < -0.3 is 15.3 Å². The number of carboxylic acids is 1. The van der Waals surface area contributed by atoms with Crippen molar-refractivity contribution < 1.29 is 28.3 Å². The van der Waals surface area contributed by atoms with Crippen LogP contribution < -0.4 is 10.2 Å². The lowest BCUT2D eigenvalue weighted by molar-refractivity contribution is -0.142. The zero-order valence-corrected chi connectivity index (χ0v) is 14.1. The molecule has 2 fully saturated rings. The number of anilines is 1. The molecule has 26 heavy (non-hydrogen) atoms. The van der Waals surface area contributed by atoms with E-state index in [0.29, 0.717) is 31.7 Å². The zero-order valence-electron chi connectivity index (χ0n) is 14.1. The molecule has 0 aromatic heterocycles. The first kappa shape index (κ1) is 18.3. The van der Waals surface area contributed by atoms with Gasteiger partial charge in [0.25, 0.3) is 0 Å². The Bertz CT molecular complexity index is 732. The van der Waals surface area contributed by atoms with Crippen LogP contribution in [0.3, 0.4) is 0 Å². The molecule has 6 nitrogen and oxygen atoms in total. The van der Waals surface area contributed by atoms with Gasteiger partial charge in [0.05, 0.1) is 17.5 Å². The van der Waals surface area contributed by atoms with E-state index in [-0.39, 0.29) is 42.4 Å². The second kappa shape index (κ2) is 7.39. The third-order valence-corrected chi connectivity index (χ3v) is 5.12. The van der Waals surface area contributed by atoms with Crippen LogP contribution in [0.25, 0.3) is 0 Å². The van der Waals surface area contributed by atoms with Gasteiger partial charge in [-0.1, -0.05) is 0 Å². The van der Waals surface area contributed by atoms with Gasteiger partial charge in [-0.3, -0.25) is 14.4 Å². The minimum absolute atomic E-state index is 0.0336. The number of hydrogen-bond acceptors (Lipinski definition) is 3. The molecule has 8 heteroatoms. The van der Waals surface area contributed by atoms with Gasteiger partial charge in [-0.25, -0.2) is 8.78 Å². The van der Waals surface area contributed by atoms with Gasteiger partial charge in [0.2, 0.25) is 11.8 Å². The first-order chi connectivity index (χ1) is 12.3. The molecule has 3 rings (SSSR count). The summed E-state index contributed by atoms with van der Waals surface area (Å²) in [5.41, 5.74) is -0.0336. The third-order valence-electron chi connectivity index (χ3n) is 5.12. The Morgan fingerprint density at radius 3 is 2.42 bits per heavy atom. The van der Waals surface area contributed by atoms with Gasteiger partial charge in [0.15, 0.2) is 0 Å². The molecular weight excluding hydrogens is 346 g/mol. The number of aliphatic carboxylic acids is 1. The molecule has 2 N–H and O–H groups in total. The maximum atomic E-state index is 13.9. The van der Waals surface area contributed by atoms with Crippen molar-refractivity contribution >= 4 is 23.5 Å². The van der Waals surface area contributed by atoms with Crippen molar-refractivity contribution in [2.45, 2.75) is 38.1 Å². The first-order valence-corrected chi connectivity index (χ1v) is 8.63. The molecule has 2 amide bonds. The van der Waals surface area contributed by atoms with E-state index < -0.39 is 23.5 Å². The largest absolute Gasteiger partial charge is 0.481 e. The minimum atomic E-state index is -0.841. The van der Waals surface area contributed by atoms with E-state index in [1.54, 1.807) is 0 Å². The van der Waals surface area contributed by atoms with Crippen LogP contribution in [0.2, 0.25) is 0 Å². The Morgan fingerprint density at radius 1 is 1.12 bits per heavy atom. The summed E-state index contributed by atoms with van der Waals surface area (Å²) in [5, 5.41) is 11.9. The maximum Gasteiger partial charge on any atom is 0.306 e. The molecule has 1 aliphatic carbocycles. The molecule has 0 radical (unpaired) electrons. The second-order valence-electron chi connectivity index (χ2n) is 6.90. The zero-order chi connectivity index (χ0) is 18.8. The van der Waals surface area contributed by atoms with E-state index in [2.05, 4.69) is 5.32 Å². The van der Waals surface area contributed by atoms with Crippen LogP contribution in [0.5, 0.6) is 0 Å². The Balaban J connectivity index is 1.58. The number of amides is 2. The van der Waals surface area contributed by atoms with Gasteiger partial charge in [-0.2, -0.15) is 0 Å². The van der Waals surface area contributed by atoms with Crippen LogP contribution in [0.1, 0.15) is 32.1 Å². The molecule has 0 unspecified atom stereocenters. The molecule has 0 bridgehead atoms.